The molecule has 2 aromatic carbocycles. The molecule has 3 heterocycles. The van der Waals surface area contributed by atoms with Gasteiger partial charge < -0.3 is 8.83 Å². The molecule has 0 atom stereocenters. The zero-order chi connectivity index (χ0) is 22.4. The molecule has 0 N–H and O–H groups in total. The second-order valence-corrected chi connectivity index (χ2v) is 7.68. The van der Waals surface area contributed by atoms with Crippen molar-refractivity contribution < 1.29 is 18.4 Å². The average Bonchev–Trinajstić information content (AvgIpc) is 3.36. The molecule has 1 aliphatic rings. The van der Waals surface area contributed by atoms with Crippen molar-refractivity contribution in [3.05, 3.63) is 106 Å². The van der Waals surface area contributed by atoms with Gasteiger partial charge in [0, 0.05) is 17.0 Å². The van der Waals surface area contributed by atoms with E-state index in [1.165, 1.54) is 17.2 Å². The minimum atomic E-state index is -0.465. The van der Waals surface area contributed by atoms with E-state index in [9.17, 15) is 14.4 Å². The normalized spacial score (nSPS) is 13.2. The molecule has 0 saturated heterocycles. The summed E-state index contributed by atoms with van der Waals surface area (Å²) >= 11 is 0. The molecule has 6 nitrogen and oxygen atoms in total. The summed E-state index contributed by atoms with van der Waals surface area (Å²) in [5.74, 6) is -0.695. The van der Waals surface area contributed by atoms with Crippen molar-refractivity contribution in [1.82, 2.24) is 4.90 Å². The van der Waals surface area contributed by atoms with E-state index in [4.69, 9.17) is 8.83 Å². The van der Waals surface area contributed by atoms with E-state index < -0.39 is 5.63 Å². The van der Waals surface area contributed by atoms with Crippen LogP contribution in [0.25, 0.3) is 21.9 Å². The van der Waals surface area contributed by atoms with Crippen LogP contribution in [0.3, 0.4) is 0 Å². The van der Waals surface area contributed by atoms with Gasteiger partial charge in [0.25, 0.3) is 11.8 Å². The number of fused-ring (bicyclic) bond motifs is 4. The van der Waals surface area contributed by atoms with Gasteiger partial charge in [0.2, 0.25) is 0 Å². The predicted octanol–water partition coefficient (Wildman–Crippen LogP) is 4.79. The lowest BCUT2D eigenvalue weighted by Gasteiger charge is -2.18. The van der Waals surface area contributed by atoms with Crippen molar-refractivity contribution in [3.63, 3.8) is 0 Å². The van der Waals surface area contributed by atoms with Crippen LogP contribution in [0.1, 0.15) is 37.4 Å². The van der Waals surface area contributed by atoms with Crippen LogP contribution in [0.2, 0.25) is 0 Å². The lowest BCUT2D eigenvalue weighted by molar-refractivity contribution is 0.0642. The molecule has 6 heteroatoms. The Hall–Kier alpha value is -4.19. The lowest BCUT2D eigenvalue weighted by Crippen LogP contribution is -2.29. The molecule has 32 heavy (non-hydrogen) atoms. The molecule has 2 amide bonds. The maximum absolute atomic E-state index is 13.2. The summed E-state index contributed by atoms with van der Waals surface area (Å²) in [6.07, 6.45) is 6.04. The van der Waals surface area contributed by atoms with Crippen molar-refractivity contribution in [3.8, 4) is 0 Å². The molecule has 1 aliphatic heterocycles. The Bertz CT molecular complexity index is 1500. The molecular weight excluding hydrogens is 406 g/mol. The lowest BCUT2D eigenvalue weighted by atomic mass is 9.96. The maximum atomic E-state index is 13.2. The number of nitrogens with zero attached hydrogens (tertiary/aromatic N) is 1. The number of carbonyl (C=O) groups excluding carboxylic acids is 2. The van der Waals surface area contributed by atoms with E-state index in [0.29, 0.717) is 46.1 Å². The molecule has 0 spiro atoms. The number of carbonyl (C=O) groups is 2. The number of allylic oxidation sites excluding steroid dienone is 2. The third-order valence-electron chi connectivity index (χ3n) is 5.79. The highest BCUT2D eigenvalue weighted by Crippen LogP contribution is 2.36. The van der Waals surface area contributed by atoms with E-state index in [0.717, 1.165) is 16.5 Å². The van der Waals surface area contributed by atoms with Gasteiger partial charge in [-0.3, -0.25) is 14.5 Å². The van der Waals surface area contributed by atoms with Gasteiger partial charge in [-0.1, -0.05) is 18.2 Å². The Balaban J connectivity index is 1.67. The van der Waals surface area contributed by atoms with E-state index in [1.54, 1.807) is 36.4 Å². The summed E-state index contributed by atoms with van der Waals surface area (Å²) in [5, 5.41) is 1.34. The SMILES string of the molecule is C=CCc1ccc2c(c1)C(=O)N(Cc1c(CC=C)c3ccc(=O)oc3c3ccoc13)C2=O. The molecule has 158 valence electrons. The second kappa shape index (κ2) is 7.50. The largest absolute Gasteiger partial charge is 0.464 e. The third kappa shape index (κ3) is 2.92. The number of furan rings is 1. The Labute approximate surface area is 183 Å². The number of rotatable bonds is 6. The predicted molar refractivity (Wildman–Crippen MR) is 121 cm³/mol. The molecular formula is C26H19NO5. The molecule has 2 aromatic heterocycles. The van der Waals surface area contributed by atoms with Gasteiger partial charge in [-0.2, -0.15) is 0 Å². The molecule has 0 unspecified atom stereocenters. The molecule has 0 bridgehead atoms. The summed E-state index contributed by atoms with van der Waals surface area (Å²) in [7, 11) is 0. The fourth-order valence-corrected chi connectivity index (χ4v) is 4.35. The van der Waals surface area contributed by atoms with Crippen LogP contribution in [0.15, 0.2) is 81.6 Å². The van der Waals surface area contributed by atoms with Crippen molar-refractivity contribution >= 4 is 33.8 Å². The summed E-state index contributed by atoms with van der Waals surface area (Å²) in [6, 6.07) is 10.0. The zero-order valence-electron chi connectivity index (χ0n) is 17.2. The molecule has 0 saturated carbocycles. The van der Waals surface area contributed by atoms with Crippen LogP contribution in [-0.4, -0.2) is 16.7 Å². The van der Waals surface area contributed by atoms with Crippen molar-refractivity contribution in [2.24, 2.45) is 0 Å². The first-order chi connectivity index (χ1) is 15.5. The molecule has 4 aromatic rings. The highest BCUT2D eigenvalue weighted by molar-refractivity contribution is 6.21. The Morgan fingerprint density at radius 2 is 1.59 bits per heavy atom. The Kier molecular flexibility index (Phi) is 4.63. The van der Waals surface area contributed by atoms with Crippen LogP contribution in [0.5, 0.6) is 0 Å². The molecule has 0 radical (unpaired) electrons. The third-order valence-corrected chi connectivity index (χ3v) is 5.79. The molecule has 0 aliphatic carbocycles. The van der Waals surface area contributed by atoms with E-state index >= 15 is 0 Å². The maximum Gasteiger partial charge on any atom is 0.336 e. The first kappa shape index (κ1) is 19.8. The number of hydrogen-bond acceptors (Lipinski definition) is 5. The highest BCUT2D eigenvalue weighted by atomic mass is 16.4. The van der Waals surface area contributed by atoms with Gasteiger partial charge in [0.1, 0.15) is 11.2 Å². The summed E-state index contributed by atoms with van der Waals surface area (Å²) in [6.45, 7) is 7.59. The van der Waals surface area contributed by atoms with E-state index in [2.05, 4.69) is 13.2 Å². The van der Waals surface area contributed by atoms with Crippen LogP contribution < -0.4 is 5.63 Å². The Morgan fingerprint density at radius 1 is 0.812 bits per heavy atom. The first-order valence-corrected chi connectivity index (χ1v) is 10.2. The second-order valence-electron chi connectivity index (χ2n) is 7.68. The quantitative estimate of drug-likeness (QED) is 0.252. The molecule has 0 fully saturated rings. The standard InChI is InChI=1S/C26H19NO5/c1-3-5-15-7-8-18-20(13-15)26(30)27(25(18)29)14-21-16(6-4-2)17-9-10-22(28)32-24(17)19-11-12-31-23(19)21/h3-4,7-13H,1-2,5-6,14H2. The van der Waals surface area contributed by atoms with Gasteiger partial charge in [-0.05, 0) is 48.2 Å². The van der Waals surface area contributed by atoms with Gasteiger partial charge >= 0.3 is 5.63 Å². The minimum Gasteiger partial charge on any atom is -0.464 e. The van der Waals surface area contributed by atoms with Crippen molar-refractivity contribution in [2.75, 3.05) is 0 Å². The van der Waals surface area contributed by atoms with E-state index in [1.807, 2.05) is 6.07 Å². The highest BCUT2D eigenvalue weighted by Gasteiger charge is 2.36. The van der Waals surface area contributed by atoms with Crippen molar-refractivity contribution in [2.45, 2.75) is 19.4 Å². The number of amides is 2. The van der Waals surface area contributed by atoms with Crippen LogP contribution in [0.4, 0.5) is 0 Å². The Morgan fingerprint density at radius 3 is 2.38 bits per heavy atom. The van der Waals surface area contributed by atoms with Crippen LogP contribution in [0, 0.1) is 0 Å². The van der Waals surface area contributed by atoms with Crippen LogP contribution >= 0.6 is 0 Å². The van der Waals surface area contributed by atoms with E-state index in [-0.39, 0.29) is 18.4 Å². The fraction of sp³-hybridized carbons (Fsp3) is 0.115. The number of imide groups is 1. The summed E-state index contributed by atoms with van der Waals surface area (Å²) < 4.78 is 11.2. The van der Waals surface area contributed by atoms with Crippen LogP contribution in [-0.2, 0) is 19.4 Å². The van der Waals surface area contributed by atoms with Gasteiger partial charge in [0.05, 0.1) is 29.3 Å². The monoisotopic (exact) mass is 425 g/mol. The minimum absolute atomic E-state index is 0.0331. The number of benzene rings is 2. The average molecular weight is 425 g/mol. The zero-order valence-corrected chi connectivity index (χ0v) is 17.2. The fourth-order valence-electron chi connectivity index (χ4n) is 4.35. The van der Waals surface area contributed by atoms with Gasteiger partial charge in [0.15, 0.2) is 0 Å². The summed E-state index contributed by atoms with van der Waals surface area (Å²) in [5.41, 5.74) is 3.61. The van der Waals surface area contributed by atoms with Gasteiger partial charge in [-0.15, -0.1) is 13.2 Å². The molecule has 5 rings (SSSR count). The number of hydrogen-bond donors (Lipinski definition) is 0. The first-order valence-electron chi connectivity index (χ1n) is 10.2. The van der Waals surface area contributed by atoms with Crippen molar-refractivity contribution in [1.29, 1.82) is 0 Å². The summed E-state index contributed by atoms with van der Waals surface area (Å²) in [4.78, 5) is 39.4. The topological polar surface area (TPSA) is 80.7 Å². The smallest absolute Gasteiger partial charge is 0.336 e. The van der Waals surface area contributed by atoms with Gasteiger partial charge in [-0.25, -0.2) is 4.79 Å².